The van der Waals surface area contributed by atoms with Crippen molar-refractivity contribution < 1.29 is 4.39 Å². The van der Waals surface area contributed by atoms with Gasteiger partial charge < -0.3 is 5.32 Å². The fraction of sp³-hybridized carbons (Fsp3) is 0.552. The highest BCUT2D eigenvalue weighted by atomic mass is 19.1. The first-order valence-electron chi connectivity index (χ1n) is 12.4. The molecule has 0 amide bonds. The normalized spacial score (nSPS) is 27.5. The molecule has 1 N–H and O–H groups in total. The molecule has 2 aliphatic rings. The SMILES string of the molecule is CC(C)c1ccc2c(c1)CCC1C(C)(CNCC/C=N/c3ccc(F)cc3)CCCC21C. The van der Waals surface area contributed by atoms with Gasteiger partial charge in [-0.3, -0.25) is 4.99 Å². The smallest absolute Gasteiger partial charge is 0.123 e. The minimum atomic E-state index is -0.218. The zero-order valence-electron chi connectivity index (χ0n) is 20.3. The summed E-state index contributed by atoms with van der Waals surface area (Å²) in [4.78, 5) is 4.44. The number of halogens is 1. The Hall–Kier alpha value is -2.00. The third-order valence-corrected chi connectivity index (χ3v) is 8.21. The second-order valence-corrected chi connectivity index (χ2v) is 10.8. The van der Waals surface area contributed by atoms with Crippen LogP contribution in [0.1, 0.15) is 82.4 Å². The summed E-state index contributed by atoms with van der Waals surface area (Å²) in [6.07, 6.45) is 9.27. The molecule has 1 fully saturated rings. The molecule has 2 nitrogen and oxygen atoms in total. The van der Waals surface area contributed by atoms with Crippen LogP contribution in [-0.2, 0) is 11.8 Å². The molecule has 3 unspecified atom stereocenters. The second-order valence-electron chi connectivity index (χ2n) is 10.8. The summed E-state index contributed by atoms with van der Waals surface area (Å²) in [5, 5.41) is 3.74. The van der Waals surface area contributed by atoms with Crippen LogP contribution >= 0.6 is 0 Å². The van der Waals surface area contributed by atoms with Crippen LogP contribution in [-0.4, -0.2) is 19.3 Å². The number of aryl methyl sites for hydroxylation is 1. The first kappa shape index (κ1) is 23.2. The van der Waals surface area contributed by atoms with Gasteiger partial charge in [0.05, 0.1) is 5.69 Å². The van der Waals surface area contributed by atoms with E-state index >= 15 is 0 Å². The molecule has 0 bridgehead atoms. The molecule has 2 aromatic rings. The average Bonchev–Trinajstić information content (AvgIpc) is 2.77. The lowest BCUT2D eigenvalue weighted by molar-refractivity contribution is 0.0262. The lowest BCUT2D eigenvalue weighted by atomic mass is 9.49. The molecule has 4 rings (SSSR count). The quantitative estimate of drug-likeness (QED) is 0.358. The molecule has 2 aliphatic carbocycles. The highest BCUT2D eigenvalue weighted by Gasteiger charge is 2.51. The van der Waals surface area contributed by atoms with E-state index in [9.17, 15) is 4.39 Å². The molecule has 32 heavy (non-hydrogen) atoms. The van der Waals surface area contributed by atoms with E-state index in [2.05, 4.69) is 56.2 Å². The van der Waals surface area contributed by atoms with Crippen LogP contribution in [0.5, 0.6) is 0 Å². The van der Waals surface area contributed by atoms with Gasteiger partial charge in [-0.15, -0.1) is 0 Å². The van der Waals surface area contributed by atoms with E-state index < -0.39 is 0 Å². The van der Waals surface area contributed by atoms with E-state index in [0.29, 0.717) is 16.7 Å². The predicted octanol–water partition coefficient (Wildman–Crippen LogP) is 7.34. The standard InChI is InChI=1S/C29H39FN2/c1-21(2)22-7-13-26-23(19-22)8-14-27-28(3,15-5-16-29(26,27)4)20-31-17-6-18-32-25-11-9-24(30)10-12-25/h7,9-13,18-19,21,27,31H,5-6,8,14-17,20H2,1-4H3/b32-18+. The molecule has 0 radical (unpaired) electrons. The number of aliphatic imine (C=N–C) groups is 1. The van der Waals surface area contributed by atoms with Gasteiger partial charge in [0.15, 0.2) is 0 Å². The maximum absolute atomic E-state index is 13.0. The first-order valence-corrected chi connectivity index (χ1v) is 12.4. The van der Waals surface area contributed by atoms with Gasteiger partial charge in [0.25, 0.3) is 0 Å². The number of nitrogens with one attached hydrogen (secondary N) is 1. The van der Waals surface area contributed by atoms with E-state index in [1.165, 1.54) is 49.8 Å². The summed E-state index contributed by atoms with van der Waals surface area (Å²) in [6, 6.07) is 13.7. The van der Waals surface area contributed by atoms with Crippen LogP contribution in [0, 0.1) is 17.2 Å². The van der Waals surface area contributed by atoms with E-state index in [-0.39, 0.29) is 5.82 Å². The number of rotatable bonds is 7. The Morgan fingerprint density at radius 1 is 1.12 bits per heavy atom. The Balaban J connectivity index is 1.38. The molecule has 0 aliphatic heterocycles. The van der Waals surface area contributed by atoms with Crippen molar-refractivity contribution >= 4 is 11.9 Å². The van der Waals surface area contributed by atoms with Crippen LogP contribution in [0.2, 0.25) is 0 Å². The van der Waals surface area contributed by atoms with Crippen molar-refractivity contribution in [3.63, 3.8) is 0 Å². The van der Waals surface area contributed by atoms with Crippen LogP contribution in [0.15, 0.2) is 47.5 Å². The minimum absolute atomic E-state index is 0.218. The maximum Gasteiger partial charge on any atom is 0.123 e. The van der Waals surface area contributed by atoms with Gasteiger partial charge in [-0.2, -0.15) is 0 Å². The van der Waals surface area contributed by atoms with E-state index in [1.807, 2.05) is 6.21 Å². The Kier molecular flexibility index (Phi) is 6.86. The van der Waals surface area contributed by atoms with Crippen molar-refractivity contribution in [2.45, 2.75) is 77.6 Å². The summed E-state index contributed by atoms with van der Waals surface area (Å²) in [5.74, 6) is 1.10. The van der Waals surface area contributed by atoms with E-state index in [1.54, 1.807) is 23.3 Å². The second kappa shape index (κ2) is 9.47. The Labute approximate surface area is 193 Å². The number of hydrogen-bond acceptors (Lipinski definition) is 2. The molecule has 3 heteroatoms. The molecule has 3 atom stereocenters. The van der Waals surface area contributed by atoms with Gasteiger partial charge in [0.1, 0.15) is 5.82 Å². The first-order chi connectivity index (χ1) is 15.3. The average molecular weight is 435 g/mol. The molecule has 0 heterocycles. The van der Waals surface area contributed by atoms with Crippen molar-refractivity contribution in [3.05, 3.63) is 65.0 Å². The van der Waals surface area contributed by atoms with Crippen molar-refractivity contribution in [2.24, 2.45) is 16.3 Å². The highest BCUT2D eigenvalue weighted by molar-refractivity contribution is 5.63. The third kappa shape index (κ3) is 4.69. The summed E-state index contributed by atoms with van der Waals surface area (Å²) in [5.41, 5.74) is 6.13. The van der Waals surface area contributed by atoms with Crippen LogP contribution in [0.3, 0.4) is 0 Å². The van der Waals surface area contributed by atoms with Crippen LogP contribution < -0.4 is 5.32 Å². The van der Waals surface area contributed by atoms with Gasteiger partial charge >= 0.3 is 0 Å². The minimum Gasteiger partial charge on any atom is -0.316 e. The number of nitrogens with zero attached hydrogens (tertiary/aromatic N) is 1. The maximum atomic E-state index is 13.0. The summed E-state index contributed by atoms with van der Waals surface area (Å²) >= 11 is 0. The molecular weight excluding hydrogens is 395 g/mol. The Morgan fingerprint density at radius 2 is 1.91 bits per heavy atom. The number of benzene rings is 2. The molecular formula is C29H39FN2. The van der Waals surface area contributed by atoms with Crippen molar-refractivity contribution in [2.75, 3.05) is 13.1 Å². The zero-order chi connectivity index (χ0) is 22.8. The molecule has 172 valence electrons. The van der Waals surface area contributed by atoms with Crippen molar-refractivity contribution in [1.29, 1.82) is 0 Å². The largest absolute Gasteiger partial charge is 0.316 e. The van der Waals surface area contributed by atoms with E-state index in [0.717, 1.165) is 31.1 Å². The summed E-state index contributed by atoms with van der Waals surface area (Å²) < 4.78 is 13.0. The molecule has 0 spiro atoms. The fourth-order valence-corrected chi connectivity index (χ4v) is 6.45. The summed E-state index contributed by atoms with van der Waals surface area (Å²) in [7, 11) is 0. The van der Waals surface area contributed by atoms with Gasteiger partial charge in [-0.1, -0.05) is 52.3 Å². The highest BCUT2D eigenvalue weighted by Crippen LogP contribution is 2.57. The monoisotopic (exact) mass is 434 g/mol. The van der Waals surface area contributed by atoms with Crippen LogP contribution in [0.4, 0.5) is 10.1 Å². The Bertz CT molecular complexity index is 948. The molecule has 0 saturated heterocycles. The Morgan fingerprint density at radius 3 is 2.66 bits per heavy atom. The molecule has 1 saturated carbocycles. The predicted molar refractivity (Wildman–Crippen MR) is 134 cm³/mol. The lowest BCUT2D eigenvalue weighted by Gasteiger charge is -2.55. The topological polar surface area (TPSA) is 24.4 Å². The van der Waals surface area contributed by atoms with Crippen molar-refractivity contribution in [3.8, 4) is 0 Å². The molecule has 2 aromatic carbocycles. The third-order valence-electron chi connectivity index (χ3n) is 8.21. The van der Waals surface area contributed by atoms with Crippen LogP contribution in [0.25, 0.3) is 0 Å². The van der Waals surface area contributed by atoms with Crippen molar-refractivity contribution in [1.82, 2.24) is 5.32 Å². The van der Waals surface area contributed by atoms with Gasteiger partial charge in [0, 0.05) is 19.3 Å². The summed E-state index contributed by atoms with van der Waals surface area (Å²) in [6.45, 7) is 11.6. The van der Waals surface area contributed by atoms with Gasteiger partial charge in [0.2, 0.25) is 0 Å². The molecule has 0 aromatic heterocycles. The van der Waals surface area contributed by atoms with Gasteiger partial charge in [-0.05, 0) is 95.7 Å². The lowest BCUT2D eigenvalue weighted by Crippen LogP contribution is -2.52. The number of fused-ring (bicyclic) bond motifs is 3. The number of hydrogen-bond donors (Lipinski definition) is 1. The fourth-order valence-electron chi connectivity index (χ4n) is 6.45. The van der Waals surface area contributed by atoms with E-state index in [4.69, 9.17) is 0 Å². The van der Waals surface area contributed by atoms with Gasteiger partial charge in [-0.25, -0.2) is 4.39 Å². The zero-order valence-corrected chi connectivity index (χ0v) is 20.3.